The van der Waals surface area contributed by atoms with Crippen molar-refractivity contribution in [2.24, 2.45) is 0 Å². The highest BCUT2D eigenvalue weighted by molar-refractivity contribution is 5.97. The molecule has 2 heterocycles. The lowest BCUT2D eigenvalue weighted by molar-refractivity contribution is -0.115. The van der Waals surface area contributed by atoms with Crippen LogP contribution in [0.5, 0.6) is 0 Å². The van der Waals surface area contributed by atoms with Gasteiger partial charge in [0.2, 0.25) is 5.91 Å². The van der Waals surface area contributed by atoms with E-state index >= 15 is 0 Å². The van der Waals surface area contributed by atoms with Gasteiger partial charge in [-0.3, -0.25) is 9.59 Å². The molecule has 0 unspecified atom stereocenters. The number of carbonyl (C=O) groups excluding carboxylic acids is 1. The Morgan fingerprint density at radius 1 is 1.00 bits per heavy atom. The maximum absolute atomic E-state index is 12.7. The van der Waals surface area contributed by atoms with Crippen molar-refractivity contribution in [3.05, 3.63) is 64.6 Å². The number of aromatic nitrogens is 2. The number of H-pyrrole nitrogens is 1. The molecule has 0 saturated carbocycles. The molecule has 3 aromatic rings. The molecule has 0 aliphatic carbocycles. The molecule has 6 heteroatoms. The molecule has 0 atom stereocenters. The van der Waals surface area contributed by atoms with Crippen LogP contribution in [0.3, 0.4) is 0 Å². The molecule has 1 fully saturated rings. The molecule has 1 aliphatic heterocycles. The fourth-order valence-electron chi connectivity index (χ4n) is 3.64. The summed E-state index contributed by atoms with van der Waals surface area (Å²) in [6.45, 7) is 2.03. The van der Waals surface area contributed by atoms with Gasteiger partial charge in [-0.2, -0.15) is 5.10 Å². The van der Waals surface area contributed by atoms with E-state index in [4.69, 9.17) is 0 Å². The smallest absolute Gasteiger partial charge is 0.272 e. The first-order chi connectivity index (χ1) is 13.2. The zero-order valence-corrected chi connectivity index (χ0v) is 15.1. The second-order valence-corrected chi connectivity index (χ2v) is 6.83. The number of piperidine rings is 1. The summed E-state index contributed by atoms with van der Waals surface area (Å²) in [4.78, 5) is 26.9. The molecule has 2 aromatic carbocycles. The van der Waals surface area contributed by atoms with Gasteiger partial charge >= 0.3 is 0 Å². The topological polar surface area (TPSA) is 78.1 Å². The quantitative estimate of drug-likeness (QED) is 0.748. The summed E-state index contributed by atoms with van der Waals surface area (Å²) >= 11 is 0. The summed E-state index contributed by atoms with van der Waals surface area (Å²) in [7, 11) is 0. The van der Waals surface area contributed by atoms with Crippen LogP contribution < -0.4 is 15.8 Å². The molecule has 0 radical (unpaired) electrons. The molecular formula is C21H22N4O2. The van der Waals surface area contributed by atoms with E-state index in [9.17, 15) is 9.59 Å². The average Bonchev–Trinajstić information content (AvgIpc) is 2.71. The highest BCUT2D eigenvalue weighted by atomic mass is 16.1. The van der Waals surface area contributed by atoms with Crippen molar-refractivity contribution in [2.75, 3.05) is 23.3 Å². The number of para-hydroxylation sites is 2. The Labute approximate surface area is 157 Å². The summed E-state index contributed by atoms with van der Waals surface area (Å²) in [5.74, 6) is -0.149. The standard InChI is InChI=1S/C21H22N4O2/c26-20(14-18-15-8-2-3-9-16(15)21(27)24-23-18)22-17-10-4-5-11-19(17)25-12-6-1-7-13-25/h2-5,8-11H,1,6-7,12-14H2,(H,22,26)(H,24,27). The molecule has 1 amide bonds. The lowest BCUT2D eigenvalue weighted by Crippen LogP contribution is -2.30. The van der Waals surface area contributed by atoms with Crippen LogP contribution >= 0.6 is 0 Å². The summed E-state index contributed by atoms with van der Waals surface area (Å²) in [6.07, 6.45) is 3.72. The maximum atomic E-state index is 12.7. The molecule has 27 heavy (non-hydrogen) atoms. The highest BCUT2D eigenvalue weighted by Crippen LogP contribution is 2.28. The molecule has 4 rings (SSSR count). The van der Waals surface area contributed by atoms with Crippen molar-refractivity contribution >= 4 is 28.1 Å². The third-order valence-corrected chi connectivity index (χ3v) is 4.98. The first-order valence-electron chi connectivity index (χ1n) is 9.32. The minimum absolute atomic E-state index is 0.103. The average molecular weight is 362 g/mol. The molecule has 6 nitrogen and oxygen atoms in total. The second-order valence-electron chi connectivity index (χ2n) is 6.83. The van der Waals surface area contributed by atoms with Gasteiger partial charge < -0.3 is 10.2 Å². The van der Waals surface area contributed by atoms with Crippen LogP contribution in [-0.4, -0.2) is 29.2 Å². The summed E-state index contributed by atoms with van der Waals surface area (Å²) < 4.78 is 0. The molecule has 1 aliphatic rings. The van der Waals surface area contributed by atoms with Crippen molar-refractivity contribution in [1.82, 2.24) is 10.2 Å². The number of rotatable bonds is 4. The third-order valence-electron chi connectivity index (χ3n) is 4.98. The van der Waals surface area contributed by atoms with Gasteiger partial charge in [0, 0.05) is 18.5 Å². The molecule has 0 bridgehead atoms. The Balaban J connectivity index is 1.56. The monoisotopic (exact) mass is 362 g/mol. The highest BCUT2D eigenvalue weighted by Gasteiger charge is 2.16. The molecular weight excluding hydrogens is 340 g/mol. The number of anilines is 2. The number of fused-ring (bicyclic) bond motifs is 1. The number of carbonyl (C=O) groups is 1. The van der Waals surface area contributed by atoms with E-state index in [1.54, 1.807) is 12.1 Å². The van der Waals surface area contributed by atoms with Gasteiger partial charge in [-0.15, -0.1) is 0 Å². The second kappa shape index (κ2) is 7.61. The van der Waals surface area contributed by atoms with Gasteiger partial charge in [0.25, 0.3) is 5.56 Å². The first kappa shape index (κ1) is 17.3. The van der Waals surface area contributed by atoms with Gasteiger partial charge in [0.05, 0.1) is 28.9 Å². The van der Waals surface area contributed by atoms with Crippen LogP contribution in [0, 0.1) is 0 Å². The van der Waals surface area contributed by atoms with Crippen molar-refractivity contribution < 1.29 is 4.79 Å². The van der Waals surface area contributed by atoms with Gasteiger partial charge in [0.15, 0.2) is 0 Å². The minimum atomic E-state index is -0.245. The predicted octanol–water partition coefficient (Wildman–Crippen LogP) is 3.09. The Hall–Kier alpha value is -3.15. The van der Waals surface area contributed by atoms with Gasteiger partial charge in [-0.1, -0.05) is 30.3 Å². The fourth-order valence-corrected chi connectivity index (χ4v) is 3.64. The summed E-state index contributed by atoms with van der Waals surface area (Å²) in [5, 5.41) is 10.9. The molecule has 138 valence electrons. The van der Waals surface area contributed by atoms with E-state index < -0.39 is 0 Å². The number of hydrogen-bond acceptors (Lipinski definition) is 4. The van der Waals surface area contributed by atoms with Crippen molar-refractivity contribution in [1.29, 1.82) is 0 Å². The minimum Gasteiger partial charge on any atom is -0.370 e. The zero-order chi connectivity index (χ0) is 18.6. The van der Waals surface area contributed by atoms with Crippen LogP contribution in [0.1, 0.15) is 25.0 Å². The normalized spacial score (nSPS) is 14.3. The van der Waals surface area contributed by atoms with Gasteiger partial charge in [-0.25, -0.2) is 5.10 Å². The lowest BCUT2D eigenvalue weighted by atomic mass is 10.1. The van der Waals surface area contributed by atoms with Crippen LogP contribution in [-0.2, 0) is 11.2 Å². The van der Waals surface area contributed by atoms with E-state index in [2.05, 4.69) is 26.5 Å². The van der Waals surface area contributed by atoms with Crippen LogP contribution in [0.15, 0.2) is 53.3 Å². The lowest BCUT2D eigenvalue weighted by Gasteiger charge is -2.30. The van der Waals surface area contributed by atoms with E-state index in [1.165, 1.54) is 19.3 Å². The number of nitrogens with one attached hydrogen (secondary N) is 2. The molecule has 1 saturated heterocycles. The summed E-state index contributed by atoms with van der Waals surface area (Å²) in [5.41, 5.74) is 2.20. The van der Waals surface area contributed by atoms with Gasteiger partial charge in [-0.05, 0) is 37.5 Å². The number of amides is 1. The van der Waals surface area contributed by atoms with Gasteiger partial charge in [0.1, 0.15) is 0 Å². The Morgan fingerprint density at radius 3 is 2.52 bits per heavy atom. The number of aromatic amines is 1. The number of hydrogen-bond donors (Lipinski definition) is 2. The summed E-state index contributed by atoms with van der Waals surface area (Å²) in [6, 6.07) is 15.1. The number of nitrogens with zero attached hydrogens (tertiary/aromatic N) is 2. The Morgan fingerprint density at radius 2 is 1.70 bits per heavy atom. The first-order valence-corrected chi connectivity index (χ1v) is 9.32. The Kier molecular flexibility index (Phi) is 4.87. The predicted molar refractivity (Wildman–Crippen MR) is 107 cm³/mol. The largest absolute Gasteiger partial charge is 0.370 e. The Bertz CT molecular complexity index is 1020. The number of benzene rings is 2. The van der Waals surface area contributed by atoms with Crippen LogP contribution in [0.4, 0.5) is 11.4 Å². The van der Waals surface area contributed by atoms with E-state index in [0.29, 0.717) is 16.5 Å². The fraction of sp³-hybridized carbons (Fsp3) is 0.286. The van der Waals surface area contributed by atoms with Crippen molar-refractivity contribution in [3.63, 3.8) is 0 Å². The molecule has 1 aromatic heterocycles. The molecule has 2 N–H and O–H groups in total. The van der Waals surface area contributed by atoms with E-state index in [0.717, 1.165) is 24.5 Å². The van der Waals surface area contributed by atoms with Crippen LogP contribution in [0.25, 0.3) is 10.8 Å². The van der Waals surface area contributed by atoms with E-state index in [1.807, 2.05) is 30.3 Å². The van der Waals surface area contributed by atoms with Crippen molar-refractivity contribution in [3.8, 4) is 0 Å². The van der Waals surface area contributed by atoms with Crippen molar-refractivity contribution in [2.45, 2.75) is 25.7 Å². The SMILES string of the molecule is O=C(Cc1n[nH]c(=O)c2ccccc12)Nc1ccccc1N1CCCCC1. The maximum Gasteiger partial charge on any atom is 0.272 e. The third kappa shape index (κ3) is 3.69. The van der Waals surface area contributed by atoms with Crippen LogP contribution in [0.2, 0.25) is 0 Å². The molecule has 0 spiro atoms. The zero-order valence-electron chi connectivity index (χ0n) is 15.1. The van der Waals surface area contributed by atoms with E-state index in [-0.39, 0.29) is 17.9 Å².